The first-order valence-electron chi connectivity index (χ1n) is 21.2. The summed E-state index contributed by atoms with van der Waals surface area (Å²) in [6.45, 7) is 3.44. The third kappa shape index (κ3) is 14.8. The molecule has 8 rings (SSSR count). The number of fused-ring (bicyclic) bond motifs is 1. The predicted octanol–water partition coefficient (Wildman–Crippen LogP) is 14.2. The van der Waals surface area contributed by atoms with Crippen molar-refractivity contribution < 1.29 is 53.5 Å². The van der Waals surface area contributed by atoms with E-state index in [1.807, 2.05) is 49.4 Å². The number of benzene rings is 7. The molecule has 2 N–H and O–H groups in total. The molecule has 0 aliphatic rings. The van der Waals surface area contributed by atoms with Crippen LogP contribution in [0.25, 0.3) is 10.8 Å². The van der Waals surface area contributed by atoms with Crippen LogP contribution in [-0.2, 0) is 16.1 Å². The number of carbonyl (C=O) groups is 5. The fraction of sp³-hybridized carbons (Fsp3) is 0.0741. The van der Waals surface area contributed by atoms with Crippen molar-refractivity contribution in [3.8, 4) is 11.5 Å². The SMILES string of the molecule is C.CC(=O)OCc1cccc2cccc(Sc3ccccc3C(=O)O)c12.Cc1ccc(Oc2ccc(C(=O)Sc3ccccn3)cc2[N+](=O)[O-])c(Cl)c1.O=C(O)c1ccccc1C(=O)c1ccc(Cl)c([N+](=O)[O-])c1. The van der Waals surface area contributed by atoms with Gasteiger partial charge in [-0.25, -0.2) is 14.6 Å². The van der Waals surface area contributed by atoms with Crippen molar-refractivity contribution in [1.82, 2.24) is 4.98 Å². The van der Waals surface area contributed by atoms with Crippen molar-refractivity contribution in [3.63, 3.8) is 0 Å². The standard InChI is InChI=1S/C20H16O4S.C19H13ClN2O4S.C14H8ClNO5.CH4/c1-13(21)24-12-15-8-4-6-14-7-5-11-18(19(14)15)25-17-10-3-2-9-16(17)20(22)23;1-12-5-7-16(14(20)10-12)26-17-8-6-13(11-15(17)22(24)25)19(23)27-18-4-2-3-9-21-18;15-11-6-5-8(7-12(11)16(20)21)13(17)9-3-1-2-4-10(9)14(18)19;/h2-11H,12H2,1H3,(H,22,23);2-11H,1H3;1-7H,(H,18,19);1H4. The molecule has 0 amide bonds. The summed E-state index contributed by atoms with van der Waals surface area (Å²) >= 11 is 14.1. The Labute approximate surface area is 441 Å². The summed E-state index contributed by atoms with van der Waals surface area (Å²) in [7, 11) is 0. The van der Waals surface area contributed by atoms with Crippen molar-refractivity contribution in [3.05, 3.63) is 233 Å². The van der Waals surface area contributed by atoms with Gasteiger partial charge in [0.05, 0.1) is 26.0 Å². The van der Waals surface area contributed by atoms with Crippen LogP contribution < -0.4 is 4.74 Å². The van der Waals surface area contributed by atoms with Gasteiger partial charge in [-0.2, -0.15) is 0 Å². The van der Waals surface area contributed by atoms with Crippen LogP contribution in [0.4, 0.5) is 11.4 Å². The van der Waals surface area contributed by atoms with Gasteiger partial charge < -0.3 is 19.7 Å². The average molecular weight is 1070 g/mol. The molecule has 0 aliphatic heterocycles. The molecule has 8 aromatic rings. The largest absolute Gasteiger partial charge is 0.478 e. The van der Waals surface area contributed by atoms with Crippen molar-refractivity contribution in [2.45, 2.75) is 42.7 Å². The quantitative estimate of drug-likeness (QED) is 0.0338. The number of pyridine rings is 1. The number of aryl methyl sites for hydroxylation is 1. The second-order valence-electron chi connectivity index (χ2n) is 15.1. The van der Waals surface area contributed by atoms with Gasteiger partial charge in [0.15, 0.2) is 5.78 Å². The minimum atomic E-state index is -1.25. The van der Waals surface area contributed by atoms with Gasteiger partial charge >= 0.3 is 23.6 Å². The van der Waals surface area contributed by atoms with Gasteiger partial charge in [-0.3, -0.25) is 34.6 Å². The fourth-order valence-electron chi connectivity index (χ4n) is 6.68. The summed E-state index contributed by atoms with van der Waals surface area (Å²) in [5.41, 5.74) is 1.34. The highest BCUT2D eigenvalue weighted by molar-refractivity contribution is 8.14. The van der Waals surface area contributed by atoms with E-state index in [-0.39, 0.29) is 69.4 Å². The number of halogens is 2. The molecular formula is C54H41Cl2N3O13S2. The van der Waals surface area contributed by atoms with Crippen LogP contribution in [0.2, 0.25) is 10.0 Å². The zero-order valence-corrected chi connectivity index (χ0v) is 41.2. The number of hydrogen-bond donors (Lipinski definition) is 2. The summed E-state index contributed by atoms with van der Waals surface area (Å²) in [6.07, 6.45) is 1.57. The maximum absolute atomic E-state index is 12.4. The third-order valence-electron chi connectivity index (χ3n) is 10.1. The first kappa shape index (κ1) is 56.5. The molecule has 0 fully saturated rings. The number of rotatable bonds is 14. The lowest BCUT2D eigenvalue weighted by Crippen LogP contribution is -2.09. The maximum Gasteiger partial charge on any atom is 0.336 e. The third-order valence-corrected chi connectivity index (χ3v) is 12.7. The predicted molar refractivity (Wildman–Crippen MR) is 282 cm³/mol. The molecule has 0 spiro atoms. The normalized spacial score (nSPS) is 10.3. The zero-order valence-electron chi connectivity index (χ0n) is 38.1. The van der Waals surface area contributed by atoms with Crippen molar-refractivity contribution in [1.29, 1.82) is 0 Å². The van der Waals surface area contributed by atoms with Gasteiger partial charge in [0.25, 0.3) is 5.69 Å². The molecule has 16 nitrogen and oxygen atoms in total. The van der Waals surface area contributed by atoms with Gasteiger partial charge in [0.2, 0.25) is 10.9 Å². The monoisotopic (exact) mass is 1070 g/mol. The van der Waals surface area contributed by atoms with E-state index in [1.54, 1.807) is 60.8 Å². The Morgan fingerprint density at radius 1 is 0.635 bits per heavy atom. The number of nitrogens with zero attached hydrogens (tertiary/aromatic N) is 3. The number of nitro groups is 2. The number of esters is 1. The molecule has 0 saturated carbocycles. The molecule has 0 aliphatic carbocycles. The van der Waals surface area contributed by atoms with E-state index in [2.05, 4.69) is 4.98 Å². The lowest BCUT2D eigenvalue weighted by Gasteiger charge is -2.12. The van der Waals surface area contributed by atoms with E-state index in [0.717, 1.165) is 44.6 Å². The van der Waals surface area contributed by atoms with Crippen molar-refractivity contribution in [2.24, 2.45) is 0 Å². The van der Waals surface area contributed by atoms with E-state index in [0.29, 0.717) is 20.7 Å². The number of hydrogen-bond acceptors (Lipinski definition) is 14. The lowest BCUT2D eigenvalue weighted by atomic mass is 9.98. The first-order valence-corrected chi connectivity index (χ1v) is 23.6. The zero-order chi connectivity index (χ0) is 52.8. The average Bonchev–Trinajstić information content (AvgIpc) is 3.37. The molecule has 74 heavy (non-hydrogen) atoms. The molecule has 1 heterocycles. The number of thioether (sulfide) groups is 1. The van der Waals surface area contributed by atoms with Crippen LogP contribution in [0.1, 0.15) is 72.5 Å². The van der Waals surface area contributed by atoms with Crippen LogP contribution in [0.5, 0.6) is 11.5 Å². The Bertz CT molecular complexity index is 3430. The maximum atomic E-state index is 12.4. The van der Waals surface area contributed by atoms with Crippen LogP contribution >= 0.6 is 46.7 Å². The Morgan fingerprint density at radius 2 is 1.23 bits per heavy atom. The molecule has 0 radical (unpaired) electrons. The molecule has 0 saturated heterocycles. The number of carbonyl (C=O) groups excluding carboxylic acids is 3. The summed E-state index contributed by atoms with van der Waals surface area (Å²) in [5.74, 6) is -2.85. The molecule has 0 bridgehead atoms. The molecule has 0 atom stereocenters. The van der Waals surface area contributed by atoms with Gasteiger partial charge in [-0.15, -0.1) is 0 Å². The van der Waals surface area contributed by atoms with Crippen LogP contribution in [0.15, 0.2) is 179 Å². The van der Waals surface area contributed by atoms with Crippen molar-refractivity contribution >= 4 is 97.7 Å². The number of nitro benzene ring substituents is 2. The Kier molecular flexibility index (Phi) is 20.1. The molecule has 1 aromatic heterocycles. The van der Waals surface area contributed by atoms with Gasteiger partial charge in [-0.05, 0) is 108 Å². The second kappa shape index (κ2) is 26.3. The highest BCUT2D eigenvalue weighted by atomic mass is 35.5. The van der Waals surface area contributed by atoms with Gasteiger partial charge in [0, 0.05) is 57.1 Å². The smallest absolute Gasteiger partial charge is 0.336 e. The summed E-state index contributed by atoms with van der Waals surface area (Å²) in [6, 6.07) is 42.2. The van der Waals surface area contributed by atoms with Gasteiger partial charge in [-0.1, -0.05) is 115 Å². The Hall–Kier alpha value is -8.42. The number of ketones is 1. The lowest BCUT2D eigenvalue weighted by molar-refractivity contribution is -0.385. The van der Waals surface area contributed by atoms with Gasteiger partial charge in [0.1, 0.15) is 22.4 Å². The summed E-state index contributed by atoms with van der Waals surface area (Å²) in [4.78, 5) is 85.1. The number of ether oxygens (including phenoxy) is 2. The highest BCUT2D eigenvalue weighted by Gasteiger charge is 2.23. The number of carboxylic acid groups (broad SMARTS) is 2. The Balaban J connectivity index is 0.000000206. The minimum Gasteiger partial charge on any atom is -0.478 e. The second-order valence-corrected chi connectivity index (χ2v) is 18.0. The van der Waals surface area contributed by atoms with E-state index < -0.39 is 33.3 Å². The van der Waals surface area contributed by atoms with E-state index >= 15 is 0 Å². The molecule has 20 heteroatoms. The summed E-state index contributed by atoms with van der Waals surface area (Å²) in [5, 5.41) is 43.1. The van der Waals surface area contributed by atoms with E-state index in [1.165, 1.54) is 73.3 Å². The highest BCUT2D eigenvalue weighted by Crippen LogP contribution is 2.39. The van der Waals surface area contributed by atoms with E-state index in [9.17, 15) is 49.3 Å². The van der Waals surface area contributed by atoms with Crippen LogP contribution in [-0.4, -0.2) is 53.9 Å². The molecule has 376 valence electrons. The Morgan fingerprint density at radius 3 is 1.86 bits per heavy atom. The van der Waals surface area contributed by atoms with Crippen LogP contribution in [0.3, 0.4) is 0 Å². The van der Waals surface area contributed by atoms with Crippen LogP contribution in [0, 0.1) is 27.2 Å². The fourth-order valence-corrected chi connectivity index (χ4v) is 8.98. The molecule has 0 unspecified atom stereocenters. The first-order chi connectivity index (χ1) is 34.9. The number of carboxylic acids is 2. The summed E-state index contributed by atoms with van der Waals surface area (Å²) < 4.78 is 10.8. The number of aromatic carboxylic acids is 2. The van der Waals surface area contributed by atoms with Crippen molar-refractivity contribution in [2.75, 3.05) is 0 Å². The van der Waals surface area contributed by atoms with E-state index in [4.69, 9.17) is 37.8 Å². The molecule has 7 aromatic carbocycles. The molecular weight excluding hydrogens is 1030 g/mol. The minimum absolute atomic E-state index is 0. The topological polar surface area (TPSA) is 243 Å². The number of aromatic nitrogens is 1.